The van der Waals surface area contributed by atoms with Gasteiger partial charge in [-0.1, -0.05) is 6.92 Å². The summed E-state index contributed by atoms with van der Waals surface area (Å²) >= 11 is 0. The van der Waals surface area contributed by atoms with Crippen molar-refractivity contribution in [1.82, 2.24) is 8.61 Å². The van der Waals surface area contributed by atoms with Crippen LogP contribution >= 0.6 is 0 Å². The molecule has 2 fully saturated rings. The second-order valence-electron chi connectivity index (χ2n) is 5.86. The van der Waals surface area contributed by atoms with E-state index in [1.54, 1.807) is 8.61 Å². The summed E-state index contributed by atoms with van der Waals surface area (Å²) < 4.78 is 28.7. The third kappa shape index (κ3) is 3.48. The molecule has 2 aliphatic rings. The molecule has 1 N–H and O–H groups in total. The summed E-state index contributed by atoms with van der Waals surface area (Å²) in [5.41, 5.74) is 0. The van der Waals surface area contributed by atoms with Crippen LogP contribution in [-0.2, 0) is 10.2 Å². The Morgan fingerprint density at radius 2 is 1.84 bits per heavy atom. The van der Waals surface area contributed by atoms with E-state index >= 15 is 0 Å². The fraction of sp³-hybridized carbons (Fsp3) is 1.00. The topological polar surface area (TPSA) is 60.9 Å². The van der Waals surface area contributed by atoms with Crippen molar-refractivity contribution in [3.05, 3.63) is 0 Å². The third-order valence-electron chi connectivity index (χ3n) is 4.38. The second-order valence-corrected chi connectivity index (χ2v) is 7.74. The maximum absolute atomic E-state index is 12.7. The van der Waals surface area contributed by atoms with Gasteiger partial charge in [-0.3, -0.25) is 0 Å². The minimum absolute atomic E-state index is 0.0940. The smallest absolute Gasteiger partial charge is 0.282 e. The maximum Gasteiger partial charge on any atom is 0.282 e. The summed E-state index contributed by atoms with van der Waals surface area (Å²) in [7, 11) is -3.28. The minimum Gasteiger partial charge on any atom is -0.396 e. The molecule has 2 rings (SSSR count). The largest absolute Gasteiger partial charge is 0.396 e. The van der Waals surface area contributed by atoms with Crippen LogP contribution in [0.1, 0.15) is 45.4 Å². The van der Waals surface area contributed by atoms with Crippen molar-refractivity contribution in [3.63, 3.8) is 0 Å². The lowest BCUT2D eigenvalue weighted by Gasteiger charge is -2.34. The van der Waals surface area contributed by atoms with E-state index in [1.165, 1.54) is 0 Å². The molecule has 2 saturated heterocycles. The predicted octanol–water partition coefficient (Wildman–Crippen LogP) is 1.20. The van der Waals surface area contributed by atoms with Gasteiger partial charge in [-0.05, 0) is 44.4 Å². The molecule has 112 valence electrons. The standard InChI is InChI=1S/C13H26N2O3S/c1-12-6-9-14(10-7-12)19(17,18)15-8-2-4-13(15)5-3-11-16/h12-13,16H,2-11H2,1H3. The lowest BCUT2D eigenvalue weighted by atomic mass is 10.0. The Labute approximate surface area is 116 Å². The Hall–Kier alpha value is -0.170. The number of aliphatic hydroxyl groups excluding tert-OH is 1. The molecule has 19 heavy (non-hydrogen) atoms. The molecule has 0 aromatic heterocycles. The van der Waals surface area contributed by atoms with E-state index in [0.717, 1.165) is 32.1 Å². The van der Waals surface area contributed by atoms with Gasteiger partial charge in [0.1, 0.15) is 0 Å². The van der Waals surface area contributed by atoms with Crippen molar-refractivity contribution in [2.45, 2.75) is 51.5 Å². The van der Waals surface area contributed by atoms with Crippen molar-refractivity contribution in [3.8, 4) is 0 Å². The predicted molar refractivity (Wildman–Crippen MR) is 74.9 cm³/mol. The van der Waals surface area contributed by atoms with Crippen molar-refractivity contribution >= 4 is 10.2 Å². The molecule has 6 heteroatoms. The van der Waals surface area contributed by atoms with E-state index in [-0.39, 0.29) is 12.6 Å². The quantitative estimate of drug-likeness (QED) is 0.827. The van der Waals surface area contributed by atoms with Crippen LogP contribution in [-0.4, -0.2) is 54.4 Å². The van der Waals surface area contributed by atoms with Crippen molar-refractivity contribution < 1.29 is 13.5 Å². The van der Waals surface area contributed by atoms with Gasteiger partial charge < -0.3 is 5.11 Å². The van der Waals surface area contributed by atoms with E-state index in [4.69, 9.17) is 5.11 Å². The molecule has 2 heterocycles. The monoisotopic (exact) mass is 290 g/mol. The number of rotatable bonds is 5. The highest BCUT2D eigenvalue weighted by molar-refractivity contribution is 7.86. The SMILES string of the molecule is CC1CCN(S(=O)(=O)N2CCCC2CCCO)CC1. The molecule has 5 nitrogen and oxygen atoms in total. The van der Waals surface area contributed by atoms with Crippen LogP contribution in [0.3, 0.4) is 0 Å². The van der Waals surface area contributed by atoms with E-state index in [2.05, 4.69) is 6.92 Å². The summed E-state index contributed by atoms with van der Waals surface area (Å²) in [6, 6.07) is 0.0940. The molecule has 0 aromatic carbocycles. The van der Waals surface area contributed by atoms with Gasteiger partial charge in [0.05, 0.1) is 0 Å². The normalized spacial score (nSPS) is 28.0. The lowest BCUT2D eigenvalue weighted by Crippen LogP contribution is -2.48. The van der Waals surface area contributed by atoms with Gasteiger partial charge in [0.2, 0.25) is 0 Å². The zero-order valence-corrected chi connectivity index (χ0v) is 12.6. The molecule has 1 unspecified atom stereocenters. The van der Waals surface area contributed by atoms with Crippen molar-refractivity contribution in [2.24, 2.45) is 5.92 Å². The highest BCUT2D eigenvalue weighted by Gasteiger charge is 2.38. The Morgan fingerprint density at radius 1 is 1.16 bits per heavy atom. The van der Waals surface area contributed by atoms with Crippen LogP contribution in [0, 0.1) is 5.92 Å². The molecule has 0 saturated carbocycles. The summed E-state index contributed by atoms with van der Waals surface area (Å²) in [6.07, 6.45) is 5.28. The molecule has 0 aromatic rings. The van der Waals surface area contributed by atoms with Crippen LogP contribution in [0.2, 0.25) is 0 Å². The fourth-order valence-corrected chi connectivity index (χ4v) is 5.01. The van der Waals surface area contributed by atoms with Gasteiger partial charge in [0, 0.05) is 32.3 Å². The molecule has 0 aliphatic carbocycles. The minimum atomic E-state index is -3.28. The maximum atomic E-state index is 12.7. The summed E-state index contributed by atoms with van der Waals surface area (Å²) in [5.74, 6) is 0.634. The van der Waals surface area contributed by atoms with E-state index in [0.29, 0.717) is 32.0 Å². The van der Waals surface area contributed by atoms with Gasteiger partial charge in [0.25, 0.3) is 10.2 Å². The molecule has 1 atom stereocenters. The average Bonchev–Trinajstić information content (AvgIpc) is 2.86. The fourth-order valence-electron chi connectivity index (χ4n) is 3.09. The van der Waals surface area contributed by atoms with Crippen LogP contribution in [0.5, 0.6) is 0 Å². The highest BCUT2D eigenvalue weighted by Crippen LogP contribution is 2.28. The van der Waals surface area contributed by atoms with Crippen molar-refractivity contribution in [2.75, 3.05) is 26.2 Å². The molecule has 0 spiro atoms. The summed E-state index contributed by atoms with van der Waals surface area (Å²) in [4.78, 5) is 0. The molecule has 0 amide bonds. The molecular formula is C13H26N2O3S. The van der Waals surface area contributed by atoms with Gasteiger partial charge >= 0.3 is 0 Å². The zero-order chi connectivity index (χ0) is 13.9. The first-order chi connectivity index (χ1) is 9.05. The number of hydrogen-bond donors (Lipinski definition) is 1. The Kier molecular flexibility index (Phi) is 5.22. The Balaban J connectivity index is 2.01. The first-order valence-electron chi connectivity index (χ1n) is 7.43. The summed E-state index contributed by atoms with van der Waals surface area (Å²) in [5, 5.41) is 8.92. The molecule has 0 bridgehead atoms. The van der Waals surface area contributed by atoms with Gasteiger partial charge in [0.15, 0.2) is 0 Å². The first kappa shape index (κ1) is 15.2. The van der Waals surface area contributed by atoms with E-state index < -0.39 is 10.2 Å². The number of piperidine rings is 1. The van der Waals surface area contributed by atoms with Crippen LogP contribution < -0.4 is 0 Å². The number of aliphatic hydroxyl groups is 1. The van der Waals surface area contributed by atoms with E-state index in [9.17, 15) is 8.42 Å². The molecule has 0 radical (unpaired) electrons. The number of nitrogens with zero attached hydrogens (tertiary/aromatic N) is 2. The lowest BCUT2D eigenvalue weighted by molar-refractivity contribution is 0.242. The zero-order valence-electron chi connectivity index (χ0n) is 11.8. The average molecular weight is 290 g/mol. The van der Waals surface area contributed by atoms with Gasteiger partial charge in [-0.15, -0.1) is 0 Å². The Morgan fingerprint density at radius 3 is 2.47 bits per heavy atom. The van der Waals surface area contributed by atoms with Crippen LogP contribution in [0.25, 0.3) is 0 Å². The number of hydrogen-bond acceptors (Lipinski definition) is 3. The van der Waals surface area contributed by atoms with Crippen molar-refractivity contribution in [1.29, 1.82) is 0 Å². The summed E-state index contributed by atoms with van der Waals surface area (Å²) in [6.45, 7) is 4.29. The highest BCUT2D eigenvalue weighted by atomic mass is 32.2. The van der Waals surface area contributed by atoms with Gasteiger partial charge in [-0.25, -0.2) is 0 Å². The van der Waals surface area contributed by atoms with Gasteiger partial charge in [-0.2, -0.15) is 17.0 Å². The Bertz CT molecular complexity index is 377. The molecular weight excluding hydrogens is 264 g/mol. The third-order valence-corrected chi connectivity index (χ3v) is 6.47. The first-order valence-corrected chi connectivity index (χ1v) is 8.83. The van der Waals surface area contributed by atoms with Crippen LogP contribution in [0.15, 0.2) is 0 Å². The second kappa shape index (κ2) is 6.52. The van der Waals surface area contributed by atoms with E-state index in [1.807, 2.05) is 0 Å². The molecule has 2 aliphatic heterocycles. The van der Waals surface area contributed by atoms with Crippen LogP contribution in [0.4, 0.5) is 0 Å².